The van der Waals surface area contributed by atoms with Gasteiger partial charge >= 0.3 is 5.63 Å². The summed E-state index contributed by atoms with van der Waals surface area (Å²) < 4.78 is 39.8. The van der Waals surface area contributed by atoms with Crippen molar-refractivity contribution in [1.82, 2.24) is 9.55 Å². The van der Waals surface area contributed by atoms with Crippen LogP contribution in [0.2, 0.25) is 0 Å². The Morgan fingerprint density at radius 2 is 1.82 bits per heavy atom. The predicted molar refractivity (Wildman–Crippen MR) is 126 cm³/mol. The summed E-state index contributed by atoms with van der Waals surface area (Å²) in [6.07, 6.45) is 0. The van der Waals surface area contributed by atoms with Crippen LogP contribution < -0.4 is 15.9 Å². The lowest BCUT2D eigenvalue weighted by Gasteiger charge is -2.14. The van der Waals surface area contributed by atoms with Crippen molar-refractivity contribution in [2.24, 2.45) is 0 Å². The molecule has 0 saturated carbocycles. The van der Waals surface area contributed by atoms with Crippen LogP contribution in [0.3, 0.4) is 0 Å². The Balaban J connectivity index is 1.65. The SMILES string of the molecule is COc1ccc2c(CSc3nc4ccccc4c(=O)n3-c3ccc(F)cc3F)cc(=O)oc2c1. The lowest BCUT2D eigenvalue weighted by Crippen LogP contribution is -2.22. The molecular weight excluding hydrogens is 462 g/mol. The Morgan fingerprint density at radius 1 is 1.00 bits per heavy atom. The Labute approximate surface area is 195 Å². The third kappa shape index (κ3) is 3.94. The highest BCUT2D eigenvalue weighted by Gasteiger charge is 2.18. The van der Waals surface area contributed by atoms with Gasteiger partial charge in [0, 0.05) is 29.3 Å². The highest BCUT2D eigenvalue weighted by Crippen LogP contribution is 2.29. The number of methoxy groups -OCH3 is 1. The molecular formula is C25H16F2N2O4S. The van der Waals surface area contributed by atoms with Crippen LogP contribution in [0, 0.1) is 11.6 Å². The normalized spacial score (nSPS) is 11.3. The van der Waals surface area contributed by atoms with Gasteiger partial charge in [-0.15, -0.1) is 0 Å². The molecule has 0 fully saturated rings. The van der Waals surface area contributed by atoms with Crippen LogP contribution in [-0.4, -0.2) is 16.7 Å². The molecule has 9 heteroatoms. The number of fused-ring (bicyclic) bond motifs is 2. The number of ether oxygens (including phenoxy) is 1. The van der Waals surface area contributed by atoms with Crippen LogP contribution in [0.1, 0.15) is 5.56 Å². The number of thioether (sulfide) groups is 1. The maximum atomic E-state index is 14.7. The molecule has 3 aromatic carbocycles. The maximum Gasteiger partial charge on any atom is 0.336 e. The zero-order valence-electron chi connectivity index (χ0n) is 17.7. The van der Waals surface area contributed by atoms with E-state index in [0.717, 1.165) is 22.4 Å². The smallest absolute Gasteiger partial charge is 0.336 e. The van der Waals surface area contributed by atoms with Crippen LogP contribution in [0.4, 0.5) is 8.78 Å². The zero-order valence-corrected chi connectivity index (χ0v) is 18.6. The molecule has 0 radical (unpaired) electrons. The molecule has 5 rings (SSSR count). The summed E-state index contributed by atoms with van der Waals surface area (Å²) in [7, 11) is 1.51. The van der Waals surface area contributed by atoms with Gasteiger partial charge in [0.25, 0.3) is 5.56 Å². The minimum atomic E-state index is -0.890. The first-order valence-electron chi connectivity index (χ1n) is 10.2. The van der Waals surface area contributed by atoms with Crippen molar-refractivity contribution in [2.45, 2.75) is 10.9 Å². The van der Waals surface area contributed by atoms with E-state index in [0.29, 0.717) is 39.3 Å². The molecule has 5 aromatic rings. The molecule has 0 amide bonds. The molecule has 2 aromatic heterocycles. The number of halogens is 2. The Hall–Kier alpha value is -3.98. The molecule has 170 valence electrons. The van der Waals surface area contributed by atoms with Crippen molar-refractivity contribution >= 4 is 33.6 Å². The van der Waals surface area contributed by atoms with Gasteiger partial charge in [0.15, 0.2) is 5.16 Å². The first kappa shape index (κ1) is 21.8. The van der Waals surface area contributed by atoms with Crippen LogP contribution >= 0.6 is 11.8 Å². The average Bonchev–Trinajstić information content (AvgIpc) is 2.83. The lowest BCUT2D eigenvalue weighted by molar-refractivity contribution is 0.414. The van der Waals surface area contributed by atoms with E-state index in [4.69, 9.17) is 9.15 Å². The van der Waals surface area contributed by atoms with E-state index >= 15 is 0 Å². The Kier molecular flexibility index (Phi) is 5.62. The van der Waals surface area contributed by atoms with Crippen molar-refractivity contribution in [3.05, 3.63) is 105 Å². The van der Waals surface area contributed by atoms with E-state index in [1.807, 2.05) is 0 Å². The highest BCUT2D eigenvalue weighted by molar-refractivity contribution is 7.98. The molecule has 0 bridgehead atoms. The van der Waals surface area contributed by atoms with E-state index in [1.54, 1.807) is 42.5 Å². The fraction of sp³-hybridized carbons (Fsp3) is 0.0800. The van der Waals surface area contributed by atoms with Gasteiger partial charge in [-0.3, -0.25) is 9.36 Å². The number of benzene rings is 3. The second kappa shape index (κ2) is 8.75. The largest absolute Gasteiger partial charge is 0.497 e. The standard InChI is InChI=1S/C25H16F2N2O4S/c1-32-16-7-8-17-14(10-23(30)33-22(17)12-16)13-34-25-28-20-5-3-2-4-18(20)24(31)29(25)21-9-6-15(26)11-19(21)27/h2-12H,13H2,1H3. The van der Waals surface area contributed by atoms with Gasteiger partial charge in [0.2, 0.25) is 0 Å². The van der Waals surface area contributed by atoms with E-state index in [9.17, 15) is 18.4 Å². The van der Waals surface area contributed by atoms with Crippen LogP contribution in [0.5, 0.6) is 5.75 Å². The number of nitrogens with zero attached hydrogens (tertiary/aromatic N) is 2. The molecule has 0 aliphatic carbocycles. The maximum absolute atomic E-state index is 14.7. The van der Waals surface area contributed by atoms with Gasteiger partial charge < -0.3 is 9.15 Å². The fourth-order valence-corrected chi connectivity index (χ4v) is 4.68. The minimum Gasteiger partial charge on any atom is -0.497 e. The van der Waals surface area contributed by atoms with Gasteiger partial charge in [0.1, 0.15) is 23.0 Å². The third-order valence-electron chi connectivity index (χ3n) is 5.29. The summed E-state index contributed by atoms with van der Waals surface area (Å²) in [4.78, 5) is 30.0. The predicted octanol–water partition coefficient (Wildman–Crippen LogP) is 5.07. The van der Waals surface area contributed by atoms with E-state index in [2.05, 4.69) is 4.98 Å². The number of aromatic nitrogens is 2. The van der Waals surface area contributed by atoms with Gasteiger partial charge in [0.05, 0.1) is 23.7 Å². The van der Waals surface area contributed by atoms with Crippen LogP contribution in [-0.2, 0) is 5.75 Å². The summed E-state index contributed by atoms with van der Waals surface area (Å²) in [6.45, 7) is 0. The van der Waals surface area contributed by atoms with Crippen LogP contribution in [0.15, 0.2) is 85.9 Å². The van der Waals surface area contributed by atoms with Gasteiger partial charge in [-0.2, -0.15) is 0 Å². The third-order valence-corrected chi connectivity index (χ3v) is 6.28. The number of para-hydroxylation sites is 1. The number of hydrogen-bond acceptors (Lipinski definition) is 6. The van der Waals surface area contributed by atoms with Gasteiger partial charge in [-0.1, -0.05) is 23.9 Å². The molecule has 0 unspecified atom stereocenters. The van der Waals surface area contributed by atoms with Gasteiger partial charge in [-0.25, -0.2) is 18.6 Å². The van der Waals surface area contributed by atoms with Crippen molar-refractivity contribution in [3.8, 4) is 11.4 Å². The molecule has 2 heterocycles. The van der Waals surface area contributed by atoms with Gasteiger partial charge in [-0.05, 0) is 42.0 Å². The summed E-state index contributed by atoms with van der Waals surface area (Å²) in [5, 5.41) is 1.19. The average molecular weight is 478 g/mol. The van der Waals surface area contributed by atoms with E-state index in [-0.39, 0.29) is 16.6 Å². The first-order chi connectivity index (χ1) is 16.4. The quantitative estimate of drug-likeness (QED) is 0.199. The summed E-state index contributed by atoms with van der Waals surface area (Å²) in [5.74, 6) is -0.867. The molecule has 0 aliphatic heterocycles. The summed E-state index contributed by atoms with van der Waals surface area (Å²) in [5.41, 5.74) is 0.305. The van der Waals surface area contributed by atoms with Crippen molar-refractivity contribution in [3.63, 3.8) is 0 Å². The van der Waals surface area contributed by atoms with Crippen molar-refractivity contribution < 1.29 is 17.9 Å². The fourth-order valence-electron chi connectivity index (χ4n) is 3.68. The zero-order chi connectivity index (χ0) is 23.8. The summed E-state index contributed by atoms with van der Waals surface area (Å²) >= 11 is 1.15. The topological polar surface area (TPSA) is 74.3 Å². The van der Waals surface area contributed by atoms with E-state index < -0.39 is 22.8 Å². The van der Waals surface area contributed by atoms with E-state index in [1.165, 1.54) is 19.2 Å². The highest BCUT2D eigenvalue weighted by atomic mass is 32.2. The van der Waals surface area contributed by atoms with Crippen LogP contribution in [0.25, 0.3) is 27.6 Å². The molecule has 0 saturated heterocycles. The Morgan fingerprint density at radius 3 is 2.62 bits per heavy atom. The molecule has 0 atom stereocenters. The number of rotatable bonds is 5. The monoisotopic (exact) mass is 478 g/mol. The lowest BCUT2D eigenvalue weighted by atomic mass is 10.1. The Bertz CT molecular complexity index is 1680. The van der Waals surface area contributed by atoms with Crippen molar-refractivity contribution in [2.75, 3.05) is 7.11 Å². The minimum absolute atomic E-state index is 0.116. The molecule has 34 heavy (non-hydrogen) atoms. The van der Waals surface area contributed by atoms with Crippen molar-refractivity contribution in [1.29, 1.82) is 0 Å². The molecule has 0 spiro atoms. The molecule has 0 aliphatic rings. The second-order valence-electron chi connectivity index (χ2n) is 7.39. The second-order valence-corrected chi connectivity index (χ2v) is 8.33. The first-order valence-corrected chi connectivity index (χ1v) is 11.1. The molecule has 0 N–H and O–H groups in total. The number of hydrogen-bond donors (Lipinski definition) is 0. The molecule has 6 nitrogen and oxygen atoms in total. The summed E-state index contributed by atoms with van der Waals surface area (Å²) in [6, 6.07) is 16.2.